The molecule has 21 heavy (non-hydrogen) atoms. The first-order chi connectivity index (χ1) is 9.85. The normalized spacial score (nSPS) is 22.2. The number of alkyl halides is 3. The van der Waals surface area contributed by atoms with Crippen molar-refractivity contribution < 1.29 is 23.0 Å². The fraction of sp³-hybridized carbons (Fsp3) is 0.600. The molecule has 116 valence electrons. The van der Waals surface area contributed by atoms with Gasteiger partial charge < -0.3 is 14.7 Å². The van der Waals surface area contributed by atoms with Crippen LogP contribution in [0, 0.1) is 5.41 Å². The highest BCUT2D eigenvalue weighted by Crippen LogP contribution is 2.49. The molecule has 0 amide bonds. The van der Waals surface area contributed by atoms with Crippen molar-refractivity contribution in [2.75, 3.05) is 18.0 Å². The number of aliphatic hydroxyl groups excluding tert-OH is 1. The van der Waals surface area contributed by atoms with Crippen LogP contribution in [0.1, 0.15) is 25.7 Å². The van der Waals surface area contributed by atoms with Gasteiger partial charge in [-0.05, 0) is 55.4 Å². The molecule has 1 saturated heterocycles. The van der Waals surface area contributed by atoms with Crippen LogP contribution in [-0.2, 0) is 0 Å². The van der Waals surface area contributed by atoms with E-state index in [1.54, 1.807) is 12.1 Å². The van der Waals surface area contributed by atoms with Crippen LogP contribution in [0.3, 0.4) is 0 Å². The Morgan fingerprint density at radius 2 is 1.67 bits per heavy atom. The Labute approximate surface area is 121 Å². The van der Waals surface area contributed by atoms with E-state index in [1.165, 1.54) is 12.1 Å². The first kappa shape index (κ1) is 14.5. The highest BCUT2D eigenvalue weighted by molar-refractivity contribution is 5.49. The molecule has 6 heteroatoms. The summed E-state index contributed by atoms with van der Waals surface area (Å²) >= 11 is 0. The van der Waals surface area contributed by atoms with Gasteiger partial charge in [-0.15, -0.1) is 13.2 Å². The maximum absolute atomic E-state index is 12.1. The first-order valence-corrected chi connectivity index (χ1v) is 7.14. The number of ether oxygens (including phenoxy) is 1. The fourth-order valence-corrected chi connectivity index (χ4v) is 3.45. The molecule has 3 nitrogen and oxygen atoms in total. The van der Waals surface area contributed by atoms with Gasteiger partial charge in [-0.1, -0.05) is 0 Å². The van der Waals surface area contributed by atoms with Gasteiger partial charge in [0.2, 0.25) is 0 Å². The lowest BCUT2D eigenvalue weighted by atomic mass is 9.61. The maximum atomic E-state index is 12.1. The molecule has 3 rings (SSSR count). The molecule has 1 saturated carbocycles. The number of rotatable bonds is 2. The molecule has 2 fully saturated rings. The van der Waals surface area contributed by atoms with E-state index in [-0.39, 0.29) is 11.9 Å². The molecule has 2 aliphatic rings. The average molecular weight is 301 g/mol. The number of piperidine rings is 1. The Kier molecular flexibility index (Phi) is 3.51. The summed E-state index contributed by atoms with van der Waals surface area (Å²) in [6, 6.07) is 6.02. The molecule has 1 aromatic carbocycles. The Hall–Kier alpha value is -1.43. The van der Waals surface area contributed by atoms with Gasteiger partial charge in [0.1, 0.15) is 5.75 Å². The Bertz CT molecular complexity index is 485. The molecule has 1 aliphatic carbocycles. The quantitative estimate of drug-likeness (QED) is 0.909. The summed E-state index contributed by atoms with van der Waals surface area (Å²) in [7, 11) is 0. The zero-order valence-corrected chi connectivity index (χ0v) is 11.6. The van der Waals surface area contributed by atoms with Gasteiger partial charge in [0.25, 0.3) is 0 Å². The van der Waals surface area contributed by atoms with E-state index >= 15 is 0 Å². The van der Waals surface area contributed by atoms with Crippen molar-refractivity contribution in [2.24, 2.45) is 5.41 Å². The van der Waals surface area contributed by atoms with Gasteiger partial charge in [0.05, 0.1) is 6.10 Å². The number of aliphatic hydroxyl groups is 1. The topological polar surface area (TPSA) is 32.7 Å². The standard InChI is InChI=1S/C15H18F3NO2/c16-15(17,18)21-13-3-1-11(2-4-13)19-7-5-14(6-8-19)9-12(20)10-14/h1-4,12,20H,5-10H2. The highest BCUT2D eigenvalue weighted by atomic mass is 19.4. The molecule has 0 aromatic heterocycles. The molecule has 1 spiro atoms. The molecule has 1 aliphatic heterocycles. The molecule has 0 unspecified atom stereocenters. The van der Waals surface area contributed by atoms with Crippen LogP contribution in [0.4, 0.5) is 18.9 Å². The van der Waals surface area contributed by atoms with Gasteiger partial charge in [-0.2, -0.15) is 0 Å². The Morgan fingerprint density at radius 3 is 2.14 bits per heavy atom. The Balaban J connectivity index is 1.58. The summed E-state index contributed by atoms with van der Waals surface area (Å²) < 4.78 is 40.2. The molecule has 0 bridgehead atoms. The van der Waals surface area contributed by atoms with E-state index in [1.807, 2.05) is 0 Å². The van der Waals surface area contributed by atoms with Crippen molar-refractivity contribution in [2.45, 2.75) is 38.1 Å². The predicted molar refractivity (Wildman–Crippen MR) is 72.2 cm³/mol. The molecule has 1 heterocycles. The van der Waals surface area contributed by atoms with Crippen LogP contribution < -0.4 is 9.64 Å². The van der Waals surface area contributed by atoms with Gasteiger partial charge in [0, 0.05) is 18.8 Å². The van der Waals surface area contributed by atoms with E-state index in [9.17, 15) is 18.3 Å². The van der Waals surface area contributed by atoms with Crippen molar-refractivity contribution in [3.05, 3.63) is 24.3 Å². The second-order valence-corrected chi connectivity index (χ2v) is 6.09. The first-order valence-electron chi connectivity index (χ1n) is 7.14. The second kappa shape index (κ2) is 5.09. The number of hydrogen-bond acceptors (Lipinski definition) is 3. The lowest BCUT2D eigenvalue weighted by Gasteiger charge is -2.51. The van der Waals surface area contributed by atoms with Crippen molar-refractivity contribution in [3.8, 4) is 5.75 Å². The zero-order valence-electron chi connectivity index (χ0n) is 11.6. The van der Waals surface area contributed by atoms with Gasteiger partial charge in [-0.3, -0.25) is 0 Å². The summed E-state index contributed by atoms with van der Waals surface area (Å²) in [5, 5.41) is 9.45. The smallest absolute Gasteiger partial charge is 0.406 e. The van der Waals surface area contributed by atoms with Crippen LogP contribution in [0.15, 0.2) is 24.3 Å². The number of anilines is 1. The predicted octanol–water partition coefficient (Wildman–Crippen LogP) is 3.33. The van der Waals surface area contributed by atoms with E-state index in [4.69, 9.17) is 0 Å². The summed E-state index contributed by atoms with van der Waals surface area (Å²) in [5.41, 5.74) is 1.22. The van der Waals surface area contributed by atoms with Crippen LogP contribution in [0.25, 0.3) is 0 Å². The average Bonchev–Trinajstić information content (AvgIpc) is 2.37. The van der Waals surface area contributed by atoms with Crippen LogP contribution in [-0.4, -0.2) is 30.7 Å². The zero-order chi connectivity index (χ0) is 15.1. The van der Waals surface area contributed by atoms with Crippen molar-refractivity contribution in [1.82, 2.24) is 0 Å². The SMILES string of the molecule is OC1CC2(CCN(c3ccc(OC(F)(F)F)cc3)CC2)C1. The third-order valence-corrected chi connectivity index (χ3v) is 4.60. The minimum atomic E-state index is -4.65. The van der Waals surface area contributed by atoms with Gasteiger partial charge in [-0.25, -0.2) is 0 Å². The summed E-state index contributed by atoms with van der Waals surface area (Å²) in [5.74, 6) is -0.193. The third-order valence-electron chi connectivity index (χ3n) is 4.60. The van der Waals surface area contributed by atoms with E-state index in [0.29, 0.717) is 5.41 Å². The van der Waals surface area contributed by atoms with E-state index < -0.39 is 6.36 Å². The van der Waals surface area contributed by atoms with E-state index in [2.05, 4.69) is 9.64 Å². The largest absolute Gasteiger partial charge is 0.573 e. The van der Waals surface area contributed by atoms with Crippen molar-refractivity contribution in [1.29, 1.82) is 0 Å². The molecular formula is C15H18F3NO2. The number of nitrogens with zero attached hydrogens (tertiary/aromatic N) is 1. The molecule has 1 N–H and O–H groups in total. The monoisotopic (exact) mass is 301 g/mol. The van der Waals surface area contributed by atoms with Crippen molar-refractivity contribution in [3.63, 3.8) is 0 Å². The van der Waals surface area contributed by atoms with Gasteiger partial charge >= 0.3 is 6.36 Å². The number of halogens is 3. The molecule has 0 atom stereocenters. The minimum Gasteiger partial charge on any atom is -0.406 e. The minimum absolute atomic E-state index is 0.143. The summed E-state index contributed by atoms with van der Waals surface area (Å²) in [4.78, 5) is 2.17. The highest BCUT2D eigenvalue weighted by Gasteiger charge is 2.45. The number of benzene rings is 1. The van der Waals surface area contributed by atoms with E-state index in [0.717, 1.165) is 44.5 Å². The summed E-state index contributed by atoms with van der Waals surface area (Å²) in [6.45, 7) is 1.76. The Morgan fingerprint density at radius 1 is 1.10 bits per heavy atom. The molecule has 0 radical (unpaired) electrons. The lowest BCUT2D eigenvalue weighted by Crippen LogP contribution is -2.49. The molecular weight excluding hydrogens is 283 g/mol. The third kappa shape index (κ3) is 3.26. The van der Waals surface area contributed by atoms with Crippen molar-refractivity contribution >= 4 is 5.69 Å². The second-order valence-electron chi connectivity index (χ2n) is 6.09. The summed E-state index contributed by atoms with van der Waals surface area (Å²) in [6.07, 6.45) is -0.951. The fourth-order valence-electron chi connectivity index (χ4n) is 3.45. The van der Waals surface area contributed by atoms with Crippen LogP contribution in [0.5, 0.6) is 5.75 Å². The number of hydrogen-bond donors (Lipinski definition) is 1. The van der Waals surface area contributed by atoms with Crippen LogP contribution in [0.2, 0.25) is 0 Å². The van der Waals surface area contributed by atoms with Gasteiger partial charge in [0.15, 0.2) is 0 Å². The maximum Gasteiger partial charge on any atom is 0.573 e. The van der Waals surface area contributed by atoms with Crippen LogP contribution >= 0.6 is 0 Å². The molecule has 1 aromatic rings. The lowest BCUT2D eigenvalue weighted by molar-refractivity contribution is -0.274.